The average Bonchev–Trinajstić information content (AvgIpc) is 2.97. The van der Waals surface area contributed by atoms with Crippen molar-refractivity contribution in [1.29, 1.82) is 0 Å². The third-order valence-corrected chi connectivity index (χ3v) is 2.39. The Labute approximate surface area is 121 Å². The maximum atomic E-state index is 12.4. The van der Waals surface area contributed by atoms with Gasteiger partial charge in [-0.2, -0.15) is 23.3 Å². The molecule has 1 aromatic carbocycles. The van der Waals surface area contributed by atoms with Crippen LogP contribution in [0.15, 0.2) is 33.9 Å². The highest BCUT2D eigenvalue weighted by Gasteiger charge is 2.38. The maximum absolute atomic E-state index is 12.4. The van der Waals surface area contributed by atoms with Crippen LogP contribution in [0.2, 0.25) is 0 Å². The van der Waals surface area contributed by atoms with Gasteiger partial charge in [0.15, 0.2) is 0 Å². The van der Waals surface area contributed by atoms with E-state index in [4.69, 9.17) is 0 Å². The first kappa shape index (κ1) is 15.5. The Morgan fingerprint density at radius 3 is 2.59 bits per heavy atom. The monoisotopic (exact) mass is 314 g/mol. The van der Waals surface area contributed by atoms with E-state index >= 15 is 0 Å². The van der Waals surface area contributed by atoms with Crippen LogP contribution in [0.4, 0.5) is 18.0 Å². The number of nitrogens with one attached hydrogen (secondary N) is 1. The van der Waals surface area contributed by atoms with Crippen LogP contribution in [0.25, 0.3) is 11.4 Å². The van der Waals surface area contributed by atoms with Gasteiger partial charge in [0.2, 0.25) is 5.82 Å². The molecule has 0 aliphatic heterocycles. The number of ether oxygens (including phenoxy) is 1. The predicted molar refractivity (Wildman–Crippen MR) is 67.9 cm³/mol. The molecule has 0 spiro atoms. The van der Waals surface area contributed by atoms with Crippen molar-refractivity contribution in [3.8, 4) is 11.4 Å². The van der Waals surface area contributed by atoms with Gasteiger partial charge in [0, 0.05) is 5.56 Å². The zero-order valence-corrected chi connectivity index (χ0v) is 11.1. The molecule has 0 saturated carbocycles. The van der Waals surface area contributed by atoms with E-state index in [2.05, 4.69) is 29.9 Å². The first-order valence-corrected chi connectivity index (χ1v) is 5.78. The normalized spacial score (nSPS) is 11.6. The molecule has 7 nitrogen and oxygen atoms in total. The Kier molecular flexibility index (Phi) is 4.39. The first-order chi connectivity index (χ1) is 10.4. The molecule has 1 aromatic heterocycles. The third-order valence-electron chi connectivity index (χ3n) is 2.39. The van der Waals surface area contributed by atoms with Crippen LogP contribution in [0, 0.1) is 0 Å². The highest BCUT2D eigenvalue weighted by molar-refractivity contribution is 5.81. The Balaban J connectivity index is 2.09. The number of carbonyl (C=O) groups excluding carboxylic acids is 1. The summed E-state index contributed by atoms with van der Waals surface area (Å²) in [7, 11) is 1.19. The quantitative estimate of drug-likeness (QED) is 0.694. The van der Waals surface area contributed by atoms with Gasteiger partial charge in [-0.15, -0.1) is 0 Å². The highest BCUT2D eigenvalue weighted by Crippen LogP contribution is 2.29. The molecule has 1 N–H and O–H groups in total. The molecule has 0 atom stereocenters. The van der Waals surface area contributed by atoms with E-state index in [1.165, 1.54) is 25.5 Å². The van der Waals surface area contributed by atoms with Gasteiger partial charge in [-0.25, -0.2) is 10.2 Å². The summed E-state index contributed by atoms with van der Waals surface area (Å²) in [5, 5.41) is 6.87. The van der Waals surface area contributed by atoms with Crippen molar-refractivity contribution in [1.82, 2.24) is 15.6 Å². The van der Waals surface area contributed by atoms with Gasteiger partial charge in [-0.1, -0.05) is 29.4 Å². The van der Waals surface area contributed by atoms with Gasteiger partial charge in [0.05, 0.1) is 13.3 Å². The minimum Gasteiger partial charge on any atom is -0.452 e. The van der Waals surface area contributed by atoms with Gasteiger partial charge in [-0.3, -0.25) is 0 Å². The van der Waals surface area contributed by atoms with Crippen LogP contribution in [-0.2, 0) is 10.9 Å². The Morgan fingerprint density at radius 1 is 1.36 bits per heavy atom. The lowest BCUT2D eigenvalue weighted by molar-refractivity contribution is -0.159. The Morgan fingerprint density at radius 2 is 2.05 bits per heavy atom. The van der Waals surface area contributed by atoms with Crippen LogP contribution >= 0.6 is 0 Å². The van der Waals surface area contributed by atoms with Crippen LogP contribution in [0.5, 0.6) is 0 Å². The molecule has 1 heterocycles. The predicted octanol–water partition coefficient (Wildman–Crippen LogP) is 2.45. The largest absolute Gasteiger partial charge is 0.471 e. The summed E-state index contributed by atoms with van der Waals surface area (Å²) in [4.78, 5) is 14.0. The molecule has 0 bridgehead atoms. The van der Waals surface area contributed by atoms with Crippen LogP contribution < -0.4 is 5.43 Å². The van der Waals surface area contributed by atoms with E-state index < -0.39 is 18.2 Å². The summed E-state index contributed by atoms with van der Waals surface area (Å²) < 4.78 is 45.5. The molecule has 2 aromatic rings. The van der Waals surface area contributed by atoms with E-state index in [-0.39, 0.29) is 5.82 Å². The second kappa shape index (κ2) is 6.24. The van der Waals surface area contributed by atoms with E-state index in [0.29, 0.717) is 11.1 Å². The molecule has 0 unspecified atom stereocenters. The minimum atomic E-state index is -4.68. The lowest BCUT2D eigenvalue weighted by Crippen LogP contribution is -2.16. The molecule has 2 rings (SSSR count). The fourth-order valence-corrected chi connectivity index (χ4v) is 1.38. The topological polar surface area (TPSA) is 89.6 Å². The van der Waals surface area contributed by atoms with Crippen LogP contribution in [0.1, 0.15) is 11.5 Å². The molecule has 0 saturated heterocycles. The minimum absolute atomic E-state index is 0.177. The number of rotatable bonds is 3. The number of benzene rings is 1. The molecule has 10 heteroatoms. The number of hydrogen-bond donors (Lipinski definition) is 1. The summed E-state index contributed by atoms with van der Waals surface area (Å²) in [6, 6.07) is 6.10. The molecule has 1 amide bonds. The average molecular weight is 314 g/mol. The number of halogens is 3. The van der Waals surface area contributed by atoms with Crippen molar-refractivity contribution in [2.45, 2.75) is 6.18 Å². The van der Waals surface area contributed by atoms with E-state index in [9.17, 15) is 18.0 Å². The van der Waals surface area contributed by atoms with E-state index in [1.54, 1.807) is 12.1 Å². The summed E-state index contributed by atoms with van der Waals surface area (Å²) in [6.45, 7) is 0. The fraction of sp³-hybridized carbons (Fsp3) is 0.167. The van der Waals surface area contributed by atoms with Crippen LogP contribution in [-0.4, -0.2) is 29.6 Å². The van der Waals surface area contributed by atoms with Gasteiger partial charge in [0.25, 0.3) is 0 Å². The Bertz CT molecular complexity index is 680. The fourth-order valence-electron chi connectivity index (χ4n) is 1.38. The Hall–Kier alpha value is -2.91. The maximum Gasteiger partial charge on any atom is 0.471 e. The smallest absolute Gasteiger partial charge is 0.452 e. The van der Waals surface area contributed by atoms with Crippen molar-refractivity contribution in [3.05, 3.63) is 35.7 Å². The molecule has 116 valence electrons. The number of hydrogen-bond acceptors (Lipinski definition) is 6. The van der Waals surface area contributed by atoms with Gasteiger partial charge in [-0.05, 0) is 5.56 Å². The zero-order chi connectivity index (χ0) is 16.2. The summed E-state index contributed by atoms with van der Waals surface area (Å²) in [5.41, 5.74) is 3.03. The number of nitrogens with zero attached hydrogens (tertiary/aromatic N) is 3. The number of methoxy groups -OCH3 is 1. The zero-order valence-electron chi connectivity index (χ0n) is 11.1. The summed E-state index contributed by atoms with van der Waals surface area (Å²) in [5.74, 6) is -1.58. The highest BCUT2D eigenvalue weighted by atomic mass is 19.4. The SMILES string of the molecule is COC(=O)NN=Cc1ccc(-c2noc(C(F)(F)F)n2)cc1. The van der Waals surface area contributed by atoms with E-state index in [1.807, 2.05) is 0 Å². The third kappa shape index (κ3) is 3.81. The molecular weight excluding hydrogens is 305 g/mol. The van der Waals surface area contributed by atoms with Crippen molar-refractivity contribution in [2.75, 3.05) is 7.11 Å². The number of hydrazone groups is 1. The lowest BCUT2D eigenvalue weighted by atomic mass is 10.1. The molecule has 0 aliphatic rings. The standard InChI is InChI=1S/C12H9F3N4O3/c1-21-11(20)18-16-6-7-2-4-8(5-3-7)9-17-10(22-19-9)12(13,14)15/h2-6H,1H3,(H,18,20). The molecular formula is C12H9F3N4O3. The van der Waals surface area contributed by atoms with Gasteiger partial charge < -0.3 is 9.26 Å². The lowest BCUT2D eigenvalue weighted by Gasteiger charge is -1.98. The molecule has 22 heavy (non-hydrogen) atoms. The number of carbonyl (C=O) groups is 1. The molecule has 0 aliphatic carbocycles. The first-order valence-electron chi connectivity index (χ1n) is 5.78. The summed E-state index contributed by atoms with van der Waals surface area (Å²) >= 11 is 0. The number of aromatic nitrogens is 2. The van der Waals surface area contributed by atoms with Crippen molar-refractivity contribution in [2.24, 2.45) is 5.10 Å². The summed E-state index contributed by atoms with van der Waals surface area (Å²) in [6.07, 6.45) is -4.07. The number of amides is 1. The van der Waals surface area contributed by atoms with E-state index in [0.717, 1.165) is 0 Å². The second-order valence-electron chi connectivity index (χ2n) is 3.90. The van der Waals surface area contributed by atoms with Crippen molar-refractivity contribution >= 4 is 12.3 Å². The van der Waals surface area contributed by atoms with Gasteiger partial charge in [0.1, 0.15) is 0 Å². The number of alkyl halides is 3. The van der Waals surface area contributed by atoms with Crippen molar-refractivity contribution < 1.29 is 27.2 Å². The van der Waals surface area contributed by atoms with Gasteiger partial charge >= 0.3 is 18.2 Å². The second-order valence-corrected chi connectivity index (χ2v) is 3.90. The van der Waals surface area contributed by atoms with Crippen molar-refractivity contribution in [3.63, 3.8) is 0 Å². The molecule has 0 fully saturated rings. The molecule has 0 radical (unpaired) electrons. The van der Waals surface area contributed by atoms with Crippen LogP contribution in [0.3, 0.4) is 0 Å².